The van der Waals surface area contributed by atoms with Crippen LogP contribution in [0.4, 0.5) is 5.13 Å². The van der Waals surface area contributed by atoms with Crippen molar-refractivity contribution in [1.82, 2.24) is 4.98 Å². The predicted octanol–water partition coefficient (Wildman–Crippen LogP) is 5.13. The van der Waals surface area contributed by atoms with Crippen LogP contribution in [-0.2, 0) is 0 Å². The Labute approximate surface area is 151 Å². The Morgan fingerprint density at radius 3 is 2.64 bits per heavy atom. The molecule has 0 aliphatic heterocycles. The van der Waals surface area contributed by atoms with Crippen LogP contribution in [0.25, 0.3) is 11.3 Å². The average molecular weight is 349 g/mol. The number of anilines is 1. The van der Waals surface area contributed by atoms with Crippen molar-refractivity contribution in [1.29, 1.82) is 0 Å². The molecule has 5 heteroatoms. The van der Waals surface area contributed by atoms with E-state index in [1.54, 1.807) is 12.3 Å². The van der Waals surface area contributed by atoms with E-state index in [2.05, 4.69) is 53.3 Å². The molecule has 0 saturated carbocycles. The number of hydrogen-bond acceptors (Lipinski definition) is 5. The van der Waals surface area contributed by atoms with E-state index in [1.807, 2.05) is 29.6 Å². The molecule has 1 heterocycles. The summed E-state index contributed by atoms with van der Waals surface area (Å²) in [7, 11) is 0. The lowest BCUT2D eigenvalue weighted by Crippen LogP contribution is -1.93. The molecule has 0 amide bonds. The predicted molar refractivity (Wildman–Crippen MR) is 106 cm³/mol. The van der Waals surface area contributed by atoms with E-state index in [9.17, 15) is 0 Å². The minimum Gasteiger partial charge on any atom is -0.490 e. The number of nitrogens with one attached hydrogen (secondary N) is 1. The Bertz CT molecular complexity index is 851. The largest absolute Gasteiger partial charge is 0.490 e. The Kier molecular flexibility index (Phi) is 5.59. The first-order chi connectivity index (χ1) is 12.2. The lowest BCUT2D eigenvalue weighted by atomic mass is 10.1. The van der Waals surface area contributed by atoms with Crippen LogP contribution in [0.5, 0.6) is 5.75 Å². The molecule has 3 aromatic rings. The third kappa shape index (κ3) is 4.78. The van der Waals surface area contributed by atoms with Gasteiger partial charge in [0.1, 0.15) is 12.4 Å². The highest BCUT2D eigenvalue weighted by Gasteiger charge is 2.03. The number of rotatable bonds is 7. The van der Waals surface area contributed by atoms with Gasteiger partial charge in [0.25, 0.3) is 0 Å². The van der Waals surface area contributed by atoms with Crippen LogP contribution in [0.2, 0.25) is 0 Å². The van der Waals surface area contributed by atoms with E-state index in [4.69, 9.17) is 4.74 Å². The maximum atomic E-state index is 5.45. The van der Waals surface area contributed by atoms with E-state index in [-0.39, 0.29) is 0 Å². The maximum absolute atomic E-state index is 5.45. The summed E-state index contributed by atoms with van der Waals surface area (Å²) >= 11 is 1.53. The number of aryl methyl sites for hydroxylation is 1. The maximum Gasteiger partial charge on any atom is 0.203 e. The summed E-state index contributed by atoms with van der Waals surface area (Å²) in [5, 5.41) is 7.02. The molecule has 0 unspecified atom stereocenters. The zero-order chi connectivity index (χ0) is 17.5. The molecule has 1 N–H and O–H groups in total. The number of nitrogens with zero attached hydrogens (tertiary/aromatic N) is 2. The number of thiazole rings is 1. The summed E-state index contributed by atoms with van der Waals surface area (Å²) in [5.74, 6) is 0.813. The minimum absolute atomic E-state index is 0.502. The van der Waals surface area contributed by atoms with Crippen LogP contribution in [0, 0.1) is 6.92 Å². The van der Waals surface area contributed by atoms with Gasteiger partial charge >= 0.3 is 0 Å². The van der Waals surface area contributed by atoms with Gasteiger partial charge in [0, 0.05) is 10.9 Å². The zero-order valence-electron chi connectivity index (χ0n) is 14.0. The molecule has 3 rings (SSSR count). The average Bonchev–Trinajstić information content (AvgIpc) is 3.10. The van der Waals surface area contributed by atoms with Gasteiger partial charge in [0.15, 0.2) is 0 Å². The number of hydrazone groups is 1. The molecule has 0 radical (unpaired) electrons. The molecule has 2 aromatic carbocycles. The Balaban J connectivity index is 1.59. The molecule has 0 atom stereocenters. The molecular weight excluding hydrogens is 330 g/mol. The minimum atomic E-state index is 0.502. The van der Waals surface area contributed by atoms with Gasteiger partial charge in [-0.25, -0.2) is 4.98 Å². The molecule has 4 nitrogen and oxygen atoms in total. The number of hydrogen-bond donors (Lipinski definition) is 1. The first-order valence-electron chi connectivity index (χ1n) is 7.90. The summed E-state index contributed by atoms with van der Waals surface area (Å²) in [5.41, 5.74) is 7.25. The second-order valence-electron chi connectivity index (χ2n) is 5.44. The van der Waals surface area contributed by atoms with Crippen molar-refractivity contribution < 1.29 is 4.74 Å². The van der Waals surface area contributed by atoms with Crippen molar-refractivity contribution in [3.05, 3.63) is 77.7 Å². The summed E-state index contributed by atoms with van der Waals surface area (Å²) in [4.78, 5) is 4.55. The first kappa shape index (κ1) is 16.9. The van der Waals surface area contributed by atoms with Crippen molar-refractivity contribution in [3.8, 4) is 17.0 Å². The van der Waals surface area contributed by atoms with E-state index >= 15 is 0 Å². The molecule has 1 aromatic heterocycles. The number of benzene rings is 2. The van der Waals surface area contributed by atoms with Gasteiger partial charge in [-0.15, -0.1) is 11.3 Å². The van der Waals surface area contributed by atoms with Gasteiger partial charge < -0.3 is 4.74 Å². The number of ether oxygens (including phenoxy) is 1. The van der Waals surface area contributed by atoms with Crippen LogP contribution in [-0.4, -0.2) is 17.8 Å². The Morgan fingerprint density at radius 1 is 1.16 bits per heavy atom. The Hall–Kier alpha value is -2.92. The van der Waals surface area contributed by atoms with Crippen molar-refractivity contribution in [2.45, 2.75) is 6.92 Å². The van der Waals surface area contributed by atoms with Gasteiger partial charge in [-0.3, -0.25) is 5.43 Å². The Morgan fingerprint density at radius 2 is 1.92 bits per heavy atom. The summed E-state index contributed by atoms with van der Waals surface area (Å²) < 4.78 is 5.45. The van der Waals surface area contributed by atoms with Crippen molar-refractivity contribution in [3.63, 3.8) is 0 Å². The molecule has 126 valence electrons. The summed E-state index contributed by atoms with van der Waals surface area (Å²) in [6.07, 6.45) is 3.47. The molecule has 0 aliphatic rings. The van der Waals surface area contributed by atoms with Gasteiger partial charge in [-0.05, 0) is 36.8 Å². The zero-order valence-corrected chi connectivity index (χ0v) is 14.8. The van der Waals surface area contributed by atoms with E-state index < -0.39 is 0 Å². The molecule has 0 aliphatic carbocycles. The highest BCUT2D eigenvalue weighted by molar-refractivity contribution is 7.14. The highest BCUT2D eigenvalue weighted by Crippen LogP contribution is 2.25. The quantitative estimate of drug-likeness (QED) is 0.365. The van der Waals surface area contributed by atoms with E-state index in [1.165, 1.54) is 16.9 Å². The smallest absolute Gasteiger partial charge is 0.203 e. The van der Waals surface area contributed by atoms with Crippen molar-refractivity contribution in [2.75, 3.05) is 12.0 Å². The van der Waals surface area contributed by atoms with Crippen LogP contribution in [0.3, 0.4) is 0 Å². The van der Waals surface area contributed by atoms with Gasteiger partial charge in [-0.2, -0.15) is 5.10 Å². The van der Waals surface area contributed by atoms with Crippen LogP contribution < -0.4 is 10.2 Å². The number of aromatic nitrogens is 1. The normalized spacial score (nSPS) is 10.8. The monoisotopic (exact) mass is 349 g/mol. The lowest BCUT2D eigenvalue weighted by molar-refractivity contribution is 0.363. The highest BCUT2D eigenvalue weighted by atomic mass is 32.1. The van der Waals surface area contributed by atoms with Crippen LogP contribution in [0.1, 0.15) is 11.1 Å². The lowest BCUT2D eigenvalue weighted by Gasteiger charge is -2.02. The summed E-state index contributed by atoms with van der Waals surface area (Å²) in [6.45, 7) is 6.20. The molecule has 0 bridgehead atoms. The topological polar surface area (TPSA) is 46.5 Å². The molecule has 25 heavy (non-hydrogen) atoms. The second kappa shape index (κ2) is 8.26. The SMILES string of the molecule is C=CCOc1ccc(/C=N\Nc2nc(-c3ccc(C)cc3)cs2)cc1. The van der Waals surface area contributed by atoms with E-state index in [0.717, 1.165) is 27.7 Å². The van der Waals surface area contributed by atoms with E-state index in [0.29, 0.717) is 6.61 Å². The van der Waals surface area contributed by atoms with Crippen LogP contribution >= 0.6 is 11.3 Å². The molecule has 0 saturated heterocycles. The fourth-order valence-electron chi connectivity index (χ4n) is 2.15. The fraction of sp³-hybridized carbons (Fsp3) is 0.100. The van der Waals surface area contributed by atoms with Gasteiger partial charge in [0.2, 0.25) is 5.13 Å². The fourth-order valence-corrected chi connectivity index (χ4v) is 2.82. The van der Waals surface area contributed by atoms with Crippen molar-refractivity contribution >= 4 is 22.7 Å². The molecule has 0 spiro atoms. The van der Waals surface area contributed by atoms with Crippen LogP contribution in [0.15, 0.2) is 71.7 Å². The third-order valence-electron chi connectivity index (χ3n) is 3.47. The standard InChI is InChI=1S/C20H19N3OS/c1-3-12-24-18-10-6-16(7-11-18)13-21-23-20-22-19(14-25-20)17-8-4-15(2)5-9-17/h3-11,13-14H,1,12H2,2H3,(H,22,23)/b21-13-. The summed E-state index contributed by atoms with van der Waals surface area (Å²) in [6, 6.07) is 16.0. The second-order valence-corrected chi connectivity index (χ2v) is 6.30. The van der Waals surface area contributed by atoms with Gasteiger partial charge in [-0.1, -0.05) is 42.5 Å². The molecule has 0 fully saturated rings. The van der Waals surface area contributed by atoms with Crippen molar-refractivity contribution in [2.24, 2.45) is 5.10 Å². The third-order valence-corrected chi connectivity index (χ3v) is 4.22. The molecular formula is C20H19N3OS. The first-order valence-corrected chi connectivity index (χ1v) is 8.78. The van der Waals surface area contributed by atoms with Gasteiger partial charge in [0.05, 0.1) is 11.9 Å².